The van der Waals surface area contributed by atoms with E-state index in [4.69, 9.17) is 11.6 Å². The number of aliphatic hydroxyl groups is 1. The summed E-state index contributed by atoms with van der Waals surface area (Å²) in [5.74, 6) is 0. The fraction of sp³-hybridized carbons (Fsp3) is 0.200. The van der Waals surface area contributed by atoms with Crippen LogP contribution in [0.4, 0.5) is 0 Å². The lowest BCUT2D eigenvalue weighted by Crippen LogP contribution is -2.04. The number of aryl methyl sites for hydroxylation is 1. The molecule has 2 heterocycles. The number of hydrogen-bond donors (Lipinski definition) is 1. The number of rotatable bonds is 4. The highest BCUT2D eigenvalue weighted by Crippen LogP contribution is 2.23. The first-order valence-electron chi connectivity index (χ1n) is 6.57. The normalized spacial score (nSPS) is 11.0. The molecule has 0 saturated heterocycles. The van der Waals surface area contributed by atoms with Gasteiger partial charge in [0.1, 0.15) is 0 Å². The number of hydrogen-bond acceptors (Lipinski definition) is 3. The van der Waals surface area contributed by atoms with Gasteiger partial charge >= 0.3 is 0 Å². The monoisotopic (exact) mass is 302 g/mol. The number of halogens is 1. The van der Waals surface area contributed by atoms with E-state index in [9.17, 15) is 5.11 Å². The Morgan fingerprint density at radius 3 is 2.76 bits per heavy atom. The summed E-state index contributed by atoms with van der Waals surface area (Å²) in [6, 6.07) is 9.54. The van der Waals surface area contributed by atoms with Crippen LogP contribution in [0.25, 0.3) is 11.3 Å². The van der Waals surface area contributed by atoms with E-state index >= 15 is 0 Å². The van der Waals surface area contributed by atoms with Gasteiger partial charge in [0, 0.05) is 23.8 Å². The Labute approximate surface area is 127 Å². The van der Waals surface area contributed by atoms with Crippen molar-refractivity contribution < 1.29 is 5.11 Å². The highest BCUT2D eigenvalue weighted by molar-refractivity contribution is 6.31. The third-order valence-electron chi connectivity index (χ3n) is 3.27. The number of benzene rings is 1. The fourth-order valence-corrected chi connectivity index (χ4v) is 2.44. The fourth-order valence-electron chi connectivity index (χ4n) is 2.24. The number of aromatic nitrogens is 4. The third kappa shape index (κ3) is 2.84. The summed E-state index contributed by atoms with van der Waals surface area (Å²) in [6.07, 6.45) is 3.70. The Kier molecular flexibility index (Phi) is 3.77. The molecule has 0 spiro atoms. The zero-order chi connectivity index (χ0) is 14.8. The maximum absolute atomic E-state index is 9.33. The van der Waals surface area contributed by atoms with E-state index < -0.39 is 0 Å². The summed E-state index contributed by atoms with van der Waals surface area (Å²) in [4.78, 5) is 0. The number of nitrogens with zero attached hydrogens (tertiary/aromatic N) is 4. The molecule has 0 unspecified atom stereocenters. The van der Waals surface area contributed by atoms with Crippen molar-refractivity contribution in [2.45, 2.75) is 13.2 Å². The van der Waals surface area contributed by atoms with Crippen molar-refractivity contribution in [3.05, 3.63) is 59.0 Å². The van der Waals surface area contributed by atoms with Crippen LogP contribution in [0.15, 0.2) is 42.7 Å². The van der Waals surface area contributed by atoms with Crippen LogP contribution in [0.5, 0.6) is 0 Å². The molecule has 0 bridgehead atoms. The maximum Gasteiger partial charge on any atom is 0.0885 e. The van der Waals surface area contributed by atoms with Gasteiger partial charge in [0.2, 0.25) is 0 Å². The van der Waals surface area contributed by atoms with Gasteiger partial charge in [-0.1, -0.05) is 29.8 Å². The first-order valence-corrected chi connectivity index (χ1v) is 6.95. The first kappa shape index (κ1) is 13.9. The molecule has 1 N–H and O–H groups in total. The lowest BCUT2D eigenvalue weighted by molar-refractivity contribution is 0.275. The van der Waals surface area contributed by atoms with Crippen LogP contribution in [0, 0.1) is 0 Å². The van der Waals surface area contributed by atoms with Gasteiger partial charge in [-0.25, -0.2) is 0 Å². The molecule has 2 aromatic heterocycles. The van der Waals surface area contributed by atoms with E-state index in [2.05, 4.69) is 10.2 Å². The smallest absolute Gasteiger partial charge is 0.0885 e. The standard InChI is InChI=1S/C15H15ClN4O/c1-19-8-12(7-17-19)15-6-13(10-21)18-20(15)9-11-4-2-3-5-14(11)16/h2-8,21H,9-10H2,1H3. The van der Waals surface area contributed by atoms with Crippen molar-refractivity contribution in [2.24, 2.45) is 7.05 Å². The SMILES string of the molecule is Cn1cc(-c2cc(CO)nn2Cc2ccccc2Cl)cn1. The molecule has 3 aromatic rings. The van der Waals surface area contributed by atoms with Gasteiger partial charge in [-0.15, -0.1) is 0 Å². The van der Waals surface area contributed by atoms with Crippen molar-refractivity contribution >= 4 is 11.6 Å². The summed E-state index contributed by atoms with van der Waals surface area (Å²) in [5.41, 5.74) is 3.47. The summed E-state index contributed by atoms with van der Waals surface area (Å²) in [6.45, 7) is 0.451. The van der Waals surface area contributed by atoms with E-state index in [-0.39, 0.29) is 6.61 Å². The second kappa shape index (κ2) is 5.71. The van der Waals surface area contributed by atoms with Crippen LogP contribution in [0.2, 0.25) is 5.02 Å². The lowest BCUT2D eigenvalue weighted by atomic mass is 10.2. The molecule has 0 aliphatic rings. The zero-order valence-corrected chi connectivity index (χ0v) is 12.3. The van der Waals surface area contributed by atoms with Crippen LogP contribution >= 0.6 is 11.6 Å². The summed E-state index contributed by atoms with van der Waals surface area (Å²) >= 11 is 6.21. The van der Waals surface area contributed by atoms with E-state index in [0.29, 0.717) is 17.3 Å². The molecule has 1 aromatic carbocycles. The Hall–Kier alpha value is -2.11. The van der Waals surface area contributed by atoms with Gasteiger partial charge in [-0.05, 0) is 17.7 Å². The zero-order valence-electron chi connectivity index (χ0n) is 11.6. The lowest BCUT2D eigenvalue weighted by Gasteiger charge is -2.07. The van der Waals surface area contributed by atoms with Crippen LogP contribution in [0.3, 0.4) is 0 Å². The highest BCUT2D eigenvalue weighted by Gasteiger charge is 2.12. The van der Waals surface area contributed by atoms with Gasteiger partial charge in [0.05, 0.1) is 30.7 Å². The number of aliphatic hydroxyl groups excluding tert-OH is 1. The first-order chi connectivity index (χ1) is 10.2. The molecule has 5 nitrogen and oxygen atoms in total. The second-order valence-corrected chi connectivity index (χ2v) is 5.24. The third-order valence-corrected chi connectivity index (χ3v) is 3.64. The average molecular weight is 303 g/mol. The predicted molar refractivity (Wildman–Crippen MR) is 80.9 cm³/mol. The molecule has 0 fully saturated rings. The largest absolute Gasteiger partial charge is 0.390 e. The Balaban J connectivity index is 2.01. The Morgan fingerprint density at radius 1 is 1.29 bits per heavy atom. The van der Waals surface area contributed by atoms with E-state index in [1.165, 1.54) is 0 Å². The molecule has 0 aliphatic heterocycles. The van der Waals surface area contributed by atoms with Crippen molar-refractivity contribution in [3.8, 4) is 11.3 Å². The van der Waals surface area contributed by atoms with Crippen molar-refractivity contribution in [3.63, 3.8) is 0 Å². The van der Waals surface area contributed by atoms with E-state index in [1.807, 2.05) is 48.3 Å². The van der Waals surface area contributed by atoms with Gasteiger partial charge in [0.25, 0.3) is 0 Å². The summed E-state index contributed by atoms with van der Waals surface area (Å²) < 4.78 is 3.57. The molecule has 21 heavy (non-hydrogen) atoms. The van der Waals surface area contributed by atoms with Gasteiger partial charge in [-0.2, -0.15) is 10.2 Å². The molecule has 108 valence electrons. The molecule has 0 saturated carbocycles. The molecule has 0 atom stereocenters. The van der Waals surface area contributed by atoms with Crippen LogP contribution < -0.4 is 0 Å². The topological polar surface area (TPSA) is 55.9 Å². The van der Waals surface area contributed by atoms with Crippen molar-refractivity contribution in [1.29, 1.82) is 0 Å². The summed E-state index contributed by atoms with van der Waals surface area (Å²) in [7, 11) is 1.87. The molecular weight excluding hydrogens is 288 g/mol. The van der Waals surface area contributed by atoms with Gasteiger partial charge in [0.15, 0.2) is 0 Å². The van der Waals surface area contributed by atoms with Gasteiger partial charge < -0.3 is 5.11 Å². The van der Waals surface area contributed by atoms with Crippen molar-refractivity contribution in [2.75, 3.05) is 0 Å². The highest BCUT2D eigenvalue weighted by atomic mass is 35.5. The quantitative estimate of drug-likeness (QED) is 0.805. The minimum atomic E-state index is -0.0945. The van der Waals surface area contributed by atoms with Crippen LogP contribution in [-0.4, -0.2) is 24.7 Å². The summed E-state index contributed by atoms with van der Waals surface area (Å²) in [5, 5.41) is 18.6. The Morgan fingerprint density at radius 2 is 2.10 bits per heavy atom. The van der Waals surface area contributed by atoms with E-state index in [1.54, 1.807) is 10.9 Å². The molecule has 0 amide bonds. The average Bonchev–Trinajstić information content (AvgIpc) is 3.07. The molecule has 6 heteroatoms. The minimum absolute atomic E-state index is 0.0945. The maximum atomic E-state index is 9.33. The van der Waals surface area contributed by atoms with Crippen molar-refractivity contribution in [1.82, 2.24) is 19.6 Å². The second-order valence-electron chi connectivity index (χ2n) is 4.83. The molecular formula is C15H15ClN4O. The predicted octanol–water partition coefficient (Wildman–Crippen LogP) is 2.48. The van der Waals surface area contributed by atoms with Crippen LogP contribution in [0.1, 0.15) is 11.3 Å². The minimum Gasteiger partial charge on any atom is -0.390 e. The van der Waals surface area contributed by atoms with Crippen LogP contribution in [-0.2, 0) is 20.2 Å². The molecule has 0 aliphatic carbocycles. The van der Waals surface area contributed by atoms with Gasteiger partial charge in [-0.3, -0.25) is 9.36 Å². The Bertz CT molecular complexity index is 763. The van der Waals surface area contributed by atoms with E-state index in [0.717, 1.165) is 16.8 Å². The molecule has 0 radical (unpaired) electrons. The molecule has 3 rings (SSSR count).